The molecule has 114 valence electrons. The number of anilines is 1. The van der Waals surface area contributed by atoms with Crippen LogP contribution >= 0.6 is 0 Å². The first-order valence-electron chi connectivity index (χ1n) is 7.26. The molecule has 1 N–H and O–H groups in total. The highest BCUT2D eigenvalue weighted by Crippen LogP contribution is 2.22. The number of rotatable bonds is 4. The van der Waals surface area contributed by atoms with Gasteiger partial charge in [0, 0.05) is 44.9 Å². The average molecular weight is 290 g/mol. The summed E-state index contributed by atoms with van der Waals surface area (Å²) >= 11 is 0. The molecule has 1 aromatic carbocycles. The van der Waals surface area contributed by atoms with E-state index in [0.29, 0.717) is 18.7 Å². The number of carboxylic acid groups (broad SMARTS) is 1. The van der Waals surface area contributed by atoms with Gasteiger partial charge < -0.3 is 14.9 Å². The fraction of sp³-hybridized carbons (Fsp3) is 0.500. The fourth-order valence-electron chi connectivity index (χ4n) is 2.76. The first-order chi connectivity index (χ1) is 9.97. The Hall–Kier alpha value is -2.04. The summed E-state index contributed by atoms with van der Waals surface area (Å²) in [7, 11) is 3.88. The van der Waals surface area contributed by atoms with Crippen molar-refractivity contribution in [3.8, 4) is 0 Å². The van der Waals surface area contributed by atoms with Crippen LogP contribution in [0.1, 0.15) is 29.6 Å². The molecule has 0 aliphatic carbocycles. The summed E-state index contributed by atoms with van der Waals surface area (Å²) < 4.78 is 0. The molecule has 1 atom stereocenters. The van der Waals surface area contributed by atoms with E-state index in [1.807, 2.05) is 43.3 Å². The molecule has 1 heterocycles. The van der Waals surface area contributed by atoms with E-state index in [1.165, 1.54) is 0 Å². The third-order valence-electron chi connectivity index (χ3n) is 3.88. The van der Waals surface area contributed by atoms with E-state index in [1.54, 1.807) is 4.90 Å². The molecule has 5 heteroatoms. The van der Waals surface area contributed by atoms with E-state index in [0.717, 1.165) is 18.5 Å². The van der Waals surface area contributed by atoms with Crippen LogP contribution in [0.4, 0.5) is 5.69 Å². The number of hydrogen-bond acceptors (Lipinski definition) is 3. The zero-order valence-electron chi connectivity index (χ0n) is 12.6. The minimum Gasteiger partial charge on any atom is -0.481 e. The standard InChI is InChI=1S/C16H22N2O3/c1-17(2)14-7-3-6-13(10-14)16(21)18-8-4-5-12(11-18)9-15(19)20/h3,6-7,10,12H,4-5,8-9,11H2,1-2H3,(H,19,20). The third-order valence-corrected chi connectivity index (χ3v) is 3.88. The molecular weight excluding hydrogens is 268 g/mol. The van der Waals surface area contributed by atoms with Gasteiger partial charge >= 0.3 is 5.97 Å². The topological polar surface area (TPSA) is 60.9 Å². The van der Waals surface area contributed by atoms with E-state index >= 15 is 0 Å². The number of nitrogens with zero attached hydrogens (tertiary/aromatic N) is 2. The van der Waals surface area contributed by atoms with Crippen LogP contribution in [0.25, 0.3) is 0 Å². The van der Waals surface area contributed by atoms with Crippen LogP contribution in [0.2, 0.25) is 0 Å². The van der Waals surface area contributed by atoms with Gasteiger partial charge in [-0.15, -0.1) is 0 Å². The van der Waals surface area contributed by atoms with Crippen molar-refractivity contribution >= 4 is 17.6 Å². The van der Waals surface area contributed by atoms with Gasteiger partial charge in [0.1, 0.15) is 0 Å². The number of carbonyl (C=O) groups excluding carboxylic acids is 1. The SMILES string of the molecule is CN(C)c1cccc(C(=O)N2CCCC(CC(=O)O)C2)c1. The highest BCUT2D eigenvalue weighted by Gasteiger charge is 2.26. The maximum Gasteiger partial charge on any atom is 0.303 e. The third kappa shape index (κ3) is 3.97. The Balaban J connectivity index is 2.08. The van der Waals surface area contributed by atoms with E-state index in [9.17, 15) is 9.59 Å². The van der Waals surface area contributed by atoms with Gasteiger partial charge in [0.05, 0.1) is 0 Å². The predicted molar refractivity (Wildman–Crippen MR) is 81.6 cm³/mol. The van der Waals surface area contributed by atoms with Gasteiger partial charge in [0.15, 0.2) is 0 Å². The second-order valence-corrected chi connectivity index (χ2v) is 5.80. The lowest BCUT2D eigenvalue weighted by molar-refractivity contribution is -0.138. The molecule has 5 nitrogen and oxygen atoms in total. The van der Waals surface area contributed by atoms with Gasteiger partial charge in [-0.2, -0.15) is 0 Å². The van der Waals surface area contributed by atoms with Crippen molar-refractivity contribution < 1.29 is 14.7 Å². The fourth-order valence-corrected chi connectivity index (χ4v) is 2.76. The minimum absolute atomic E-state index is 0.00575. The summed E-state index contributed by atoms with van der Waals surface area (Å²) in [6.45, 7) is 1.25. The van der Waals surface area contributed by atoms with Crippen molar-refractivity contribution in [1.82, 2.24) is 4.90 Å². The van der Waals surface area contributed by atoms with Crippen molar-refractivity contribution in [2.24, 2.45) is 5.92 Å². The van der Waals surface area contributed by atoms with Gasteiger partial charge in [-0.25, -0.2) is 0 Å². The van der Waals surface area contributed by atoms with Crippen LogP contribution in [0, 0.1) is 5.92 Å². The van der Waals surface area contributed by atoms with Crippen LogP contribution in [0.15, 0.2) is 24.3 Å². The highest BCUT2D eigenvalue weighted by molar-refractivity contribution is 5.95. The van der Waals surface area contributed by atoms with E-state index in [4.69, 9.17) is 5.11 Å². The Labute approximate surface area is 125 Å². The number of likely N-dealkylation sites (tertiary alicyclic amines) is 1. The molecule has 0 saturated carbocycles. The molecule has 0 radical (unpaired) electrons. The van der Waals surface area contributed by atoms with E-state index < -0.39 is 5.97 Å². The number of aliphatic carboxylic acids is 1. The molecule has 0 bridgehead atoms. The van der Waals surface area contributed by atoms with Gasteiger partial charge in [-0.3, -0.25) is 9.59 Å². The van der Waals surface area contributed by atoms with Crippen LogP contribution in [-0.2, 0) is 4.79 Å². The maximum atomic E-state index is 12.6. The zero-order valence-corrected chi connectivity index (χ0v) is 12.6. The Bertz CT molecular complexity index is 528. The Morgan fingerprint density at radius 2 is 2.14 bits per heavy atom. The monoisotopic (exact) mass is 290 g/mol. The van der Waals surface area contributed by atoms with E-state index in [-0.39, 0.29) is 18.2 Å². The first-order valence-corrected chi connectivity index (χ1v) is 7.26. The summed E-state index contributed by atoms with van der Waals surface area (Å²) in [4.78, 5) is 27.1. The molecule has 1 saturated heterocycles. The van der Waals surface area contributed by atoms with Crippen LogP contribution in [-0.4, -0.2) is 49.1 Å². The molecule has 2 rings (SSSR count). The highest BCUT2D eigenvalue weighted by atomic mass is 16.4. The van der Waals surface area contributed by atoms with Gasteiger partial charge in [-0.1, -0.05) is 6.07 Å². The zero-order chi connectivity index (χ0) is 15.4. The number of hydrogen-bond donors (Lipinski definition) is 1. The van der Waals surface area contributed by atoms with Crippen LogP contribution in [0.3, 0.4) is 0 Å². The van der Waals surface area contributed by atoms with Gasteiger partial charge in [0.2, 0.25) is 0 Å². The smallest absolute Gasteiger partial charge is 0.303 e. The summed E-state index contributed by atoms with van der Waals surface area (Å²) in [5, 5.41) is 8.90. The van der Waals surface area contributed by atoms with Crippen molar-refractivity contribution in [2.75, 3.05) is 32.1 Å². The molecule has 1 unspecified atom stereocenters. The number of benzene rings is 1. The summed E-state index contributed by atoms with van der Waals surface area (Å²) in [6, 6.07) is 7.53. The number of carboxylic acids is 1. The molecule has 0 aromatic heterocycles. The second kappa shape index (κ2) is 6.61. The molecule has 21 heavy (non-hydrogen) atoms. The molecule has 1 aromatic rings. The summed E-state index contributed by atoms with van der Waals surface area (Å²) in [5.74, 6) is -0.727. The summed E-state index contributed by atoms with van der Waals surface area (Å²) in [6.07, 6.45) is 1.90. The lowest BCUT2D eigenvalue weighted by atomic mass is 9.94. The predicted octanol–water partition coefficient (Wildman–Crippen LogP) is 2.08. The Morgan fingerprint density at radius 1 is 1.38 bits per heavy atom. The van der Waals surface area contributed by atoms with Crippen molar-refractivity contribution in [1.29, 1.82) is 0 Å². The number of piperidine rings is 1. The normalized spacial score (nSPS) is 18.4. The summed E-state index contributed by atoms with van der Waals surface area (Å²) in [5.41, 5.74) is 1.65. The molecule has 1 aliphatic heterocycles. The quantitative estimate of drug-likeness (QED) is 0.922. The van der Waals surface area contributed by atoms with Crippen LogP contribution in [0.5, 0.6) is 0 Å². The average Bonchev–Trinajstić information content (AvgIpc) is 2.46. The van der Waals surface area contributed by atoms with Crippen molar-refractivity contribution in [2.45, 2.75) is 19.3 Å². The van der Waals surface area contributed by atoms with Crippen molar-refractivity contribution in [3.05, 3.63) is 29.8 Å². The molecular formula is C16H22N2O3. The largest absolute Gasteiger partial charge is 0.481 e. The molecule has 1 fully saturated rings. The number of carbonyl (C=O) groups is 2. The number of amides is 1. The van der Waals surface area contributed by atoms with Gasteiger partial charge in [0.25, 0.3) is 5.91 Å². The first kappa shape index (κ1) is 15.4. The lowest BCUT2D eigenvalue weighted by Gasteiger charge is -2.32. The Kier molecular flexibility index (Phi) is 4.83. The van der Waals surface area contributed by atoms with Crippen molar-refractivity contribution in [3.63, 3.8) is 0 Å². The van der Waals surface area contributed by atoms with Crippen LogP contribution < -0.4 is 4.90 Å². The maximum absolute atomic E-state index is 12.6. The molecule has 1 aliphatic rings. The Morgan fingerprint density at radius 3 is 2.81 bits per heavy atom. The second-order valence-electron chi connectivity index (χ2n) is 5.80. The van der Waals surface area contributed by atoms with E-state index in [2.05, 4.69) is 0 Å². The lowest BCUT2D eigenvalue weighted by Crippen LogP contribution is -2.40. The minimum atomic E-state index is -0.788. The van der Waals surface area contributed by atoms with Gasteiger partial charge in [-0.05, 0) is 37.0 Å². The molecule has 0 spiro atoms. The molecule has 1 amide bonds.